The summed E-state index contributed by atoms with van der Waals surface area (Å²) in [6.07, 6.45) is 0.662. The normalized spacial score (nSPS) is 10.3. The molecule has 1 heterocycles. The summed E-state index contributed by atoms with van der Waals surface area (Å²) in [5, 5.41) is 15.2. The molecule has 0 saturated heterocycles. The number of para-hydroxylation sites is 2. The molecule has 0 amide bonds. The van der Waals surface area contributed by atoms with Gasteiger partial charge in [0.25, 0.3) is 5.69 Å². The maximum atomic E-state index is 12.0. The fourth-order valence-corrected chi connectivity index (χ4v) is 2.70. The first kappa shape index (κ1) is 15.9. The standard InChI is InChI=1S/C14H15N3O4S/c1-3-11-16-12(14(18)21-4-2)13(22-11)15-9-7-5-6-8-10(9)17(19)20/h5-8,15H,3-4H2,1-2H3. The van der Waals surface area contributed by atoms with E-state index in [4.69, 9.17) is 4.74 Å². The van der Waals surface area contributed by atoms with Crippen LogP contribution in [-0.4, -0.2) is 22.5 Å². The van der Waals surface area contributed by atoms with Crippen molar-refractivity contribution in [1.29, 1.82) is 0 Å². The van der Waals surface area contributed by atoms with Crippen molar-refractivity contribution >= 4 is 33.7 Å². The molecule has 1 N–H and O–H groups in total. The van der Waals surface area contributed by atoms with Crippen LogP contribution in [0.3, 0.4) is 0 Å². The molecule has 8 heteroatoms. The smallest absolute Gasteiger partial charge is 0.360 e. The number of nitro groups is 1. The number of nitrogens with one attached hydrogen (secondary N) is 1. The molecule has 0 bridgehead atoms. The molecular weight excluding hydrogens is 306 g/mol. The maximum absolute atomic E-state index is 12.0. The molecule has 0 atom stereocenters. The van der Waals surface area contributed by atoms with Gasteiger partial charge in [-0.05, 0) is 19.4 Å². The van der Waals surface area contributed by atoms with Gasteiger partial charge in [0, 0.05) is 6.07 Å². The number of hydrogen-bond acceptors (Lipinski definition) is 7. The number of nitrogens with zero attached hydrogens (tertiary/aromatic N) is 2. The molecule has 0 radical (unpaired) electrons. The number of carbonyl (C=O) groups is 1. The lowest BCUT2D eigenvalue weighted by Crippen LogP contribution is -2.08. The number of aromatic nitrogens is 1. The summed E-state index contributed by atoms with van der Waals surface area (Å²) in [6.45, 7) is 3.87. The van der Waals surface area contributed by atoms with Crippen LogP contribution in [0.4, 0.5) is 16.4 Å². The number of ether oxygens (including phenoxy) is 1. The molecule has 1 aromatic heterocycles. The lowest BCUT2D eigenvalue weighted by atomic mass is 10.2. The number of anilines is 2. The van der Waals surface area contributed by atoms with Crippen LogP contribution in [0.25, 0.3) is 0 Å². The number of carbonyl (C=O) groups excluding carboxylic acids is 1. The maximum Gasteiger partial charge on any atom is 0.360 e. The van der Waals surface area contributed by atoms with Crippen molar-refractivity contribution in [1.82, 2.24) is 4.98 Å². The van der Waals surface area contributed by atoms with Crippen LogP contribution in [0.5, 0.6) is 0 Å². The highest BCUT2D eigenvalue weighted by atomic mass is 32.1. The Labute approximate surface area is 131 Å². The number of nitro benzene ring substituents is 1. The van der Waals surface area contributed by atoms with Gasteiger partial charge in [-0.3, -0.25) is 10.1 Å². The molecule has 0 aliphatic carbocycles. The van der Waals surface area contributed by atoms with Crippen LogP contribution >= 0.6 is 11.3 Å². The lowest BCUT2D eigenvalue weighted by Gasteiger charge is -2.06. The van der Waals surface area contributed by atoms with Crippen molar-refractivity contribution in [2.75, 3.05) is 11.9 Å². The van der Waals surface area contributed by atoms with Gasteiger partial charge < -0.3 is 10.1 Å². The van der Waals surface area contributed by atoms with Crippen LogP contribution < -0.4 is 5.32 Å². The van der Waals surface area contributed by atoms with E-state index in [-0.39, 0.29) is 18.0 Å². The summed E-state index contributed by atoms with van der Waals surface area (Å²) in [6, 6.07) is 6.24. The second-order valence-electron chi connectivity index (χ2n) is 4.26. The van der Waals surface area contributed by atoms with E-state index in [9.17, 15) is 14.9 Å². The van der Waals surface area contributed by atoms with Crippen molar-refractivity contribution in [2.24, 2.45) is 0 Å². The van der Waals surface area contributed by atoms with Crippen molar-refractivity contribution in [2.45, 2.75) is 20.3 Å². The Hall–Kier alpha value is -2.48. The van der Waals surface area contributed by atoms with Crippen LogP contribution in [0.2, 0.25) is 0 Å². The van der Waals surface area contributed by atoms with Gasteiger partial charge in [0.15, 0.2) is 5.69 Å². The van der Waals surface area contributed by atoms with Gasteiger partial charge in [0.1, 0.15) is 10.7 Å². The Kier molecular flexibility index (Phi) is 5.05. The average molecular weight is 321 g/mol. The Balaban J connectivity index is 2.39. The SMILES string of the molecule is CCOC(=O)c1nc(CC)sc1Nc1ccccc1[N+](=O)[O-]. The van der Waals surface area contributed by atoms with Crippen molar-refractivity contribution < 1.29 is 14.5 Å². The van der Waals surface area contributed by atoms with E-state index < -0.39 is 10.9 Å². The molecule has 0 saturated carbocycles. The Bertz CT molecular complexity index is 699. The van der Waals surface area contributed by atoms with Gasteiger partial charge in [-0.15, -0.1) is 11.3 Å². The summed E-state index contributed by atoms with van der Waals surface area (Å²) in [5.41, 5.74) is 0.398. The molecule has 0 unspecified atom stereocenters. The minimum atomic E-state index is -0.542. The van der Waals surface area contributed by atoms with Crippen LogP contribution in [-0.2, 0) is 11.2 Å². The molecular formula is C14H15N3O4S. The molecule has 2 aromatic rings. The minimum Gasteiger partial charge on any atom is -0.461 e. The van der Waals surface area contributed by atoms with Gasteiger partial charge in [-0.25, -0.2) is 9.78 Å². The predicted molar refractivity (Wildman–Crippen MR) is 83.8 cm³/mol. The van der Waals surface area contributed by atoms with E-state index in [1.54, 1.807) is 25.1 Å². The second-order valence-corrected chi connectivity index (χ2v) is 5.34. The second kappa shape index (κ2) is 6.99. The van der Waals surface area contributed by atoms with E-state index in [1.165, 1.54) is 17.4 Å². The zero-order valence-electron chi connectivity index (χ0n) is 12.2. The van der Waals surface area contributed by atoms with Gasteiger partial charge in [-0.2, -0.15) is 0 Å². The lowest BCUT2D eigenvalue weighted by molar-refractivity contribution is -0.383. The van der Waals surface area contributed by atoms with Gasteiger partial charge in [0.05, 0.1) is 16.5 Å². The Morgan fingerprint density at radius 3 is 2.77 bits per heavy atom. The largest absolute Gasteiger partial charge is 0.461 e. The molecule has 0 aliphatic heterocycles. The molecule has 1 aromatic carbocycles. The van der Waals surface area contributed by atoms with E-state index in [0.29, 0.717) is 17.1 Å². The van der Waals surface area contributed by atoms with Crippen LogP contribution in [0.15, 0.2) is 24.3 Å². The van der Waals surface area contributed by atoms with Gasteiger partial charge in [-0.1, -0.05) is 19.1 Å². The number of esters is 1. The highest BCUT2D eigenvalue weighted by molar-refractivity contribution is 7.16. The highest BCUT2D eigenvalue weighted by Gasteiger charge is 2.21. The molecule has 0 fully saturated rings. The summed E-state index contributed by atoms with van der Waals surface area (Å²) < 4.78 is 4.97. The molecule has 116 valence electrons. The van der Waals surface area contributed by atoms with Gasteiger partial charge in [0.2, 0.25) is 0 Å². The number of rotatable bonds is 6. The predicted octanol–water partition coefficient (Wildman–Crippen LogP) is 3.53. The molecule has 0 spiro atoms. The third-order valence-corrected chi connectivity index (χ3v) is 3.91. The number of aryl methyl sites for hydroxylation is 1. The number of benzene rings is 1. The Morgan fingerprint density at radius 2 is 2.14 bits per heavy atom. The highest BCUT2D eigenvalue weighted by Crippen LogP contribution is 2.33. The quantitative estimate of drug-likeness (QED) is 0.497. The van der Waals surface area contributed by atoms with E-state index in [1.807, 2.05) is 6.92 Å². The van der Waals surface area contributed by atoms with E-state index in [2.05, 4.69) is 10.3 Å². The first-order valence-electron chi connectivity index (χ1n) is 6.74. The fraction of sp³-hybridized carbons (Fsp3) is 0.286. The van der Waals surface area contributed by atoms with E-state index >= 15 is 0 Å². The third kappa shape index (κ3) is 3.40. The zero-order valence-corrected chi connectivity index (χ0v) is 13.0. The van der Waals surface area contributed by atoms with Crippen molar-refractivity contribution in [3.8, 4) is 0 Å². The van der Waals surface area contributed by atoms with Crippen LogP contribution in [0, 0.1) is 10.1 Å². The number of thiazole rings is 1. The average Bonchev–Trinajstić information content (AvgIpc) is 2.91. The third-order valence-electron chi connectivity index (χ3n) is 2.79. The topological polar surface area (TPSA) is 94.4 Å². The summed E-state index contributed by atoms with van der Waals surface area (Å²) in [4.78, 5) is 26.8. The zero-order chi connectivity index (χ0) is 16.1. The fourth-order valence-electron chi connectivity index (χ4n) is 1.80. The molecule has 2 rings (SSSR count). The van der Waals surface area contributed by atoms with Crippen molar-refractivity contribution in [3.63, 3.8) is 0 Å². The molecule has 7 nitrogen and oxygen atoms in total. The monoisotopic (exact) mass is 321 g/mol. The first-order valence-corrected chi connectivity index (χ1v) is 7.55. The van der Waals surface area contributed by atoms with Gasteiger partial charge >= 0.3 is 5.97 Å². The molecule has 0 aliphatic rings. The summed E-state index contributed by atoms with van der Waals surface area (Å²) >= 11 is 1.28. The summed E-state index contributed by atoms with van der Waals surface area (Å²) in [5.74, 6) is -0.542. The summed E-state index contributed by atoms with van der Waals surface area (Å²) in [7, 11) is 0. The number of hydrogen-bond donors (Lipinski definition) is 1. The Morgan fingerprint density at radius 1 is 1.41 bits per heavy atom. The van der Waals surface area contributed by atoms with Crippen molar-refractivity contribution in [3.05, 3.63) is 45.1 Å². The van der Waals surface area contributed by atoms with E-state index in [0.717, 1.165) is 5.01 Å². The minimum absolute atomic E-state index is 0.0660. The van der Waals surface area contributed by atoms with Crippen LogP contribution in [0.1, 0.15) is 29.3 Å². The molecule has 22 heavy (non-hydrogen) atoms. The first-order chi connectivity index (χ1) is 10.6.